The van der Waals surface area contributed by atoms with Crippen molar-refractivity contribution in [3.05, 3.63) is 46.4 Å². The Morgan fingerprint density at radius 2 is 1.71 bits per heavy atom. The van der Waals surface area contributed by atoms with Crippen molar-refractivity contribution in [3.8, 4) is 0 Å². The topological polar surface area (TPSA) is 100 Å². The van der Waals surface area contributed by atoms with E-state index in [9.17, 15) is 9.59 Å². The van der Waals surface area contributed by atoms with Crippen molar-refractivity contribution in [1.82, 2.24) is 14.9 Å². The summed E-state index contributed by atoms with van der Waals surface area (Å²) in [5, 5.41) is 6.42. The van der Waals surface area contributed by atoms with Crippen LogP contribution in [0.5, 0.6) is 0 Å². The van der Waals surface area contributed by atoms with Crippen LogP contribution in [0.4, 0.5) is 11.5 Å². The molecule has 0 radical (unpaired) electrons. The maximum atomic E-state index is 13.2. The summed E-state index contributed by atoms with van der Waals surface area (Å²) in [4.78, 5) is 37.2. The highest BCUT2D eigenvalue weighted by atomic mass is 35.5. The molecule has 1 saturated heterocycles. The highest BCUT2D eigenvalue weighted by molar-refractivity contribution is 6.31. The molecule has 0 unspecified atom stereocenters. The lowest BCUT2D eigenvalue weighted by Gasteiger charge is -2.33. The number of nitrogens with one attached hydrogen (secondary N) is 2. The fraction of sp³-hybridized carbons (Fsp3) is 0.417. The second-order valence-electron chi connectivity index (χ2n) is 8.86. The highest BCUT2D eigenvalue weighted by Gasteiger charge is 2.32. The molecule has 3 aromatic rings. The van der Waals surface area contributed by atoms with E-state index in [4.69, 9.17) is 27.6 Å². The van der Waals surface area contributed by atoms with E-state index >= 15 is 0 Å². The summed E-state index contributed by atoms with van der Waals surface area (Å²) in [7, 11) is 0. The summed E-state index contributed by atoms with van der Waals surface area (Å²) < 4.78 is 5.78. The van der Waals surface area contributed by atoms with Crippen molar-refractivity contribution in [2.24, 2.45) is 5.92 Å². The Labute approximate surface area is 207 Å². The number of pyridine rings is 2. The van der Waals surface area contributed by atoms with Crippen molar-refractivity contribution >= 4 is 57.6 Å². The fourth-order valence-corrected chi connectivity index (χ4v) is 5.15. The quantitative estimate of drug-likeness (QED) is 0.486. The number of likely N-dealkylation sites (tertiary alicyclic amines) is 1. The Morgan fingerprint density at radius 1 is 0.971 bits per heavy atom. The molecule has 0 aromatic carbocycles. The minimum absolute atomic E-state index is 0.0550. The number of hydrogen-bond acceptors (Lipinski definition) is 6. The zero-order valence-electron chi connectivity index (χ0n) is 18.5. The molecular weight excluding hydrogens is 477 g/mol. The van der Waals surface area contributed by atoms with Gasteiger partial charge in [-0.15, -0.1) is 0 Å². The number of nitrogens with zero attached hydrogens (tertiary/aromatic N) is 3. The number of fused-ring (bicyclic) bond motifs is 1. The van der Waals surface area contributed by atoms with Gasteiger partial charge >= 0.3 is 0 Å². The van der Waals surface area contributed by atoms with E-state index in [2.05, 4.69) is 25.5 Å². The third kappa shape index (κ3) is 4.89. The molecule has 2 N–H and O–H groups in total. The monoisotopic (exact) mass is 501 g/mol. The van der Waals surface area contributed by atoms with Gasteiger partial charge in [0.1, 0.15) is 17.0 Å². The first-order valence-corrected chi connectivity index (χ1v) is 12.3. The number of amides is 2. The molecule has 178 valence electrons. The van der Waals surface area contributed by atoms with Gasteiger partial charge in [0.25, 0.3) is 5.91 Å². The van der Waals surface area contributed by atoms with Crippen LogP contribution in [-0.4, -0.2) is 45.8 Å². The molecule has 2 fully saturated rings. The minimum atomic E-state index is -0.558. The molecule has 0 bridgehead atoms. The van der Waals surface area contributed by atoms with Gasteiger partial charge in [-0.1, -0.05) is 23.2 Å². The Balaban J connectivity index is 1.34. The predicted molar refractivity (Wildman–Crippen MR) is 131 cm³/mol. The summed E-state index contributed by atoms with van der Waals surface area (Å²) >= 11 is 11.9. The molecule has 0 atom stereocenters. The number of furan rings is 1. The van der Waals surface area contributed by atoms with Gasteiger partial charge in [-0.2, -0.15) is 0 Å². The smallest absolute Gasteiger partial charge is 0.294 e. The Hall–Kier alpha value is -2.68. The zero-order chi connectivity index (χ0) is 23.7. The van der Waals surface area contributed by atoms with Crippen LogP contribution in [-0.2, 0) is 4.79 Å². The number of anilines is 2. The van der Waals surface area contributed by atoms with Crippen molar-refractivity contribution in [2.45, 2.75) is 44.6 Å². The largest absolute Gasteiger partial charge is 0.447 e. The first-order valence-electron chi connectivity index (χ1n) is 11.5. The van der Waals surface area contributed by atoms with Gasteiger partial charge in [0.05, 0.1) is 10.0 Å². The summed E-state index contributed by atoms with van der Waals surface area (Å²) in [5.41, 5.74) is 0.928. The van der Waals surface area contributed by atoms with E-state index in [0.29, 0.717) is 33.0 Å². The van der Waals surface area contributed by atoms with E-state index in [1.807, 2.05) is 0 Å². The Morgan fingerprint density at radius 3 is 2.41 bits per heavy atom. The highest BCUT2D eigenvalue weighted by Crippen LogP contribution is 2.34. The van der Waals surface area contributed by atoms with Crippen molar-refractivity contribution in [3.63, 3.8) is 0 Å². The lowest BCUT2D eigenvalue weighted by molar-refractivity contribution is -0.121. The number of aromatic nitrogens is 2. The molecule has 1 aliphatic heterocycles. The number of carbonyl (C=O) groups is 2. The molecule has 0 spiro atoms. The molecule has 2 aliphatic rings. The molecule has 1 aliphatic carbocycles. The van der Waals surface area contributed by atoms with Gasteiger partial charge in [0.15, 0.2) is 5.58 Å². The van der Waals surface area contributed by atoms with Crippen molar-refractivity contribution in [2.75, 3.05) is 23.7 Å². The van der Waals surface area contributed by atoms with Crippen LogP contribution in [0.1, 0.15) is 49.1 Å². The average molecular weight is 502 g/mol. The van der Waals surface area contributed by atoms with Gasteiger partial charge in [0, 0.05) is 30.4 Å². The van der Waals surface area contributed by atoms with Gasteiger partial charge in [-0.3, -0.25) is 9.59 Å². The number of rotatable bonds is 5. The van der Waals surface area contributed by atoms with Crippen LogP contribution in [0.2, 0.25) is 10.0 Å². The Kier molecular flexibility index (Phi) is 6.72. The average Bonchev–Trinajstić information content (AvgIpc) is 3.49. The maximum absolute atomic E-state index is 13.2. The van der Waals surface area contributed by atoms with Crippen LogP contribution in [0.15, 0.2) is 35.0 Å². The SMILES string of the molecule is O=C(Nc1ccc(Cl)cn1)c1oc2cc(Cl)cnc2c1NC(=O)C1CCC(N2CCCC2)CC1. The Bertz CT molecular complexity index is 1200. The summed E-state index contributed by atoms with van der Waals surface area (Å²) in [6.07, 6.45) is 9.07. The van der Waals surface area contributed by atoms with E-state index in [1.165, 1.54) is 25.2 Å². The third-order valence-electron chi connectivity index (χ3n) is 6.64. The molecular formula is C24H25Cl2N5O3. The van der Waals surface area contributed by atoms with E-state index in [1.54, 1.807) is 18.2 Å². The number of carbonyl (C=O) groups excluding carboxylic acids is 2. The van der Waals surface area contributed by atoms with Crippen LogP contribution in [0.25, 0.3) is 11.1 Å². The van der Waals surface area contributed by atoms with Crippen LogP contribution < -0.4 is 10.6 Å². The zero-order valence-corrected chi connectivity index (χ0v) is 20.0. The molecule has 1 saturated carbocycles. The lowest BCUT2D eigenvalue weighted by atomic mass is 9.85. The first-order chi connectivity index (χ1) is 16.5. The molecule has 5 rings (SSSR count). The molecule has 8 nitrogen and oxygen atoms in total. The predicted octanol–water partition coefficient (Wildman–Crippen LogP) is 5.38. The number of hydrogen-bond donors (Lipinski definition) is 2. The standard InChI is InChI=1S/C24H25Cl2N5O3/c25-15-5-8-19(27-12-15)29-24(33)22-21(20-18(34-22)11-16(26)13-28-20)30-23(32)14-3-6-17(7-4-14)31-9-1-2-10-31/h5,8,11-14,17H,1-4,6-7,9-10H2,(H,30,32)(H,27,29,33). The third-order valence-corrected chi connectivity index (χ3v) is 7.07. The maximum Gasteiger partial charge on any atom is 0.294 e. The lowest BCUT2D eigenvalue weighted by Crippen LogP contribution is -2.38. The normalized spacial score (nSPS) is 21.0. The second kappa shape index (κ2) is 9.90. The second-order valence-corrected chi connectivity index (χ2v) is 9.73. The summed E-state index contributed by atoms with van der Waals surface area (Å²) in [5.74, 6) is -0.557. The van der Waals surface area contributed by atoms with E-state index in [-0.39, 0.29) is 23.3 Å². The molecule has 4 heterocycles. The van der Waals surface area contributed by atoms with Crippen LogP contribution in [0, 0.1) is 5.92 Å². The fourth-order valence-electron chi connectivity index (χ4n) is 4.89. The molecule has 34 heavy (non-hydrogen) atoms. The molecule has 2 amide bonds. The minimum Gasteiger partial charge on any atom is -0.447 e. The summed E-state index contributed by atoms with van der Waals surface area (Å²) in [6.45, 7) is 2.33. The van der Waals surface area contributed by atoms with Crippen LogP contribution >= 0.6 is 23.2 Å². The van der Waals surface area contributed by atoms with Crippen LogP contribution in [0.3, 0.4) is 0 Å². The van der Waals surface area contributed by atoms with Gasteiger partial charge in [-0.25, -0.2) is 9.97 Å². The van der Waals surface area contributed by atoms with E-state index < -0.39 is 5.91 Å². The van der Waals surface area contributed by atoms with Crippen molar-refractivity contribution in [1.29, 1.82) is 0 Å². The summed E-state index contributed by atoms with van der Waals surface area (Å²) in [6, 6.07) is 5.33. The van der Waals surface area contributed by atoms with E-state index in [0.717, 1.165) is 38.8 Å². The van der Waals surface area contributed by atoms with Gasteiger partial charge in [0.2, 0.25) is 11.7 Å². The van der Waals surface area contributed by atoms with Gasteiger partial charge < -0.3 is 20.0 Å². The van der Waals surface area contributed by atoms with Gasteiger partial charge in [-0.05, 0) is 63.7 Å². The molecule has 10 heteroatoms. The van der Waals surface area contributed by atoms with Crippen molar-refractivity contribution < 1.29 is 14.0 Å². The first kappa shape index (κ1) is 23.1. The number of halogens is 2. The molecule has 3 aromatic heterocycles.